The third-order valence-corrected chi connectivity index (χ3v) is 5.23. The van der Waals surface area contributed by atoms with Crippen molar-refractivity contribution in [2.45, 2.75) is 13.3 Å². The summed E-state index contributed by atoms with van der Waals surface area (Å²) in [7, 11) is 1.85. The van der Waals surface area contributed by atoms with Crippen LogP contribution in [0.5, 0.6) is 0 Å². The van der Waals surface area contributed by atoms with Crippen LogP contribution in [-0.4, -0.2) is 69.1 Å². The van der Waals surface area contributed by atoms with Gasteiger partial charge in [-0.05, 0) is 37.1 Å². The minimum atomic E-state index is 0.0547. The Morgan fingerprint density at radius 1 is 1.16 bits per heavy atom. The zero-order valence-electron chi connectivity index (χ0n) is 18.0. The predicted molar refractivity (Wildman–Crippen MR) is 120 cm³/mol. The largest absolute Gasteiger partial charge is 0.357 e. The second-order valence-corrected chi connectivity index (χ2v) is 7.44. The molecule has 1 amide bonds. The van der Waals surface area contributed by atoms with Crippen LogP contribution in [-0.2, 0) is 18.3 Å². The molecule has 4 rings (SSSR count). The average Bonchev–Trinajstić information content (AvgIpc) is 3.46. The lowest BCUT2D eigenvalue weighted by Gasteiger charge is -2.35. The molecule has 1 aromatic carbocycles. The fraction of sp³-hybridized carbons (Fsp3) is 0.364. The second-order valence-electron chi connectivity index (χ2n) is 7.44. The molecule has 0 unspecified atom stereocenters. The highest BCUT2D eigenvalue weighted by Gasteiger charge is 2.27. The van der Waals surface area contributed by atoms with E-state index in [1.807, 2.05) is 42.0 Å². The summed E-state index contributed by atoms with van der Waals surface area (Å²) in [6.07, 6.45) is 8.12. The van der Waals surface area contributed by atoms with Gasteiger partial charge in [0.05, 0.1) is 17.6 Å². The number of guanidine groups is 1. The first-order valence-electron chi connectivity index (χ1n) is 10.6. The highest BCUT2D eigenvalue weighted by atomic mass is 16.2. The number of aromatic nitrogens is 4. The number of benzene rings is 1. The van der Waals surface area contributed by atoms with Crippen LogP contribution in [0.15, 0.2) is 60.1 Å². The van der Waals surface area contributed by atoms with E-state index in [2.05, 4.69) is 39.8 Å². The molecule has 1 saturated heterocycles. The molecule has 9 heteroatoms. The van der Waals surface area contributed by atoms with E-state index in [4.69, 9.17) is 4.99 Å². The van der Waals surface area contributed by atoms with Crippen LogP contribution in [0.4, 0.5) is 5.69 Å². The Labute approximate surface area is 182 Å². The van der Waals surface area contributed by atoms with Gasteiger partial charge in [0.15, 0.2) is 5.96 Å². The SMILES string of the molecule is CCNC(=NCCc1ccc(-n2cccn2)cc1)N1CCN(c2cnn(C)c2)C(=O)C1. The van der Waals surface area contributed by atoms with Crippen molar-refractivity contribution in [1.82, 2.24) is 29.8 Å². The van der Waals surface area contributed by atoms with E-state index >= 15 is 0 Å². The van der Waals surface area contributed by atoms with Crippen LogP contribution in [0.25, 0.3) is 5.69 Å². The summed E-state index contributed by atoms with van der Waals surface area (Å²) in [5.74, 6) is 0.842. The van der Waals surface area contributed by atoms with Gasteiger partial charge < -0.3 is 15.1 Å². The van der Waals surface area contributed by atoms with E-state index in [0.717, 1.165) is 36.8 Å². The molecule has 1 aliphatic rings. The first-order chi connectivity index (χ1) is 15.1. The lowest BCUT2D eigenvalue weighted by molar-refractivity contribution is -0.120. The van der Waals surface area contributed by atoms with Crippen molar-refractivity contribution in [1.29, 1.82) is 0 Å². The topological polar surface area (TPSA) is 83.6 Å². The number of nitrogens with one attached hydrogen (secondary N) is 1. The molecule has 9 nitrogen and oxygen atoms in total. The number of anilines is 1. The minimum Gasteiger partial charge on any atom is -0.357 e. The van der Waals surface area contributed by atoms with Gasteiger partial charge >= 0.3 is 0 Å². The first-order valence-corrected chi connectivity index (χ1v) is 10.6. The van der Waals surface area contributed by atoms with Crippen LogP contribution in [0.2, 0.25) is 0 Å². The van der Waals surface area contributed by atoms with Gasteiger partial charge in [0.1, 0.15) is 6.54 Å². The monoisotopic (exact) mass is 420 g/mol. The summed E-state index contributed by atoms with van der Waals surface area (Å²) in [6, 6.07) is 10.2. The van der Waals surface area contributed by atoms with Crippen LogP contribution >= 0.6 is 0 Å². The number of aliphatic imine (C=N–C) groups is 1. The summed E-state index contributed by atoms with van der Waals surface area (Å²) >= 11 is 0. The number of hydrogen-bond acceptors (Lipinski definition) is 4. The normalized spacial score (nSPS) is 14.9. The Morgan fingerprint density at radius 3 is 2.65 bits per heavy atom. The Balaban J connectivity index is 1.35. The minimum absolute atomic E-state index is 0.0547. The fourth-order valence-electron chi connectivity index (χ4n) is 3.63. The third kappa shape index (κ3) is 4.93. The Bertz CT molecular complexity index is 1020. The molecular weight excluding hydrogens is 392 g/mol. The van der Waals surface area contributed by atoms with E-state index in [9.17, 15) is 4.79 Å². The van der Waals surface area contributed by atoms with Crippen molar-refractivity contribution in [3.05, 3.63) is 60.7 Å². The molecular formula is C22H28N8O. The molecule has 31 heavy (non-hydrogen) atoms. The van der Waals surface area contributed by atoms with Crippen molar-refractivity contribution in [2.75, 3.05) is 37.6 Å². The lowest BCUT2D eigenvalue weighted by Crippen LogP contribution is -2.55. The summed E-state index contributed by atoms with van der Waals surface area (Å²) < 4.78 is 3.55. The van der Waals surface area contributed by atoms with E-state index in [-0.39, 0.29) is 5.91 Å². The fourth-order valence-corrected chi connectivity index (χ4v) is 3.63. The van der Waals surface area contributed by atoms with E-state index in [1.165, 1.54) is 5.56 Å². The van der Waals surface area contributed by atoms with Gasteiger partial charge in [-0.1, -0.05) is 12.1 Å². The van der Waals surface area contributed by atoms with Crippen LogP contribution < -0.4 is 10.2 Å². The molecule has 3 heterocycles. The maximum absolute atomic E-state index is 12.7. The Kier molecular flexibility index (Phi) is 6.30. The molecule has 0 bridgehead atoms. The van der Waals surface area contributed by atoms with Crippen molar-refractivity contribution < 1.29 is 4.79 Å². The molecule has 1 fully saturated rings. The smallest absolute Gasteiger partial charge is 0.246 e. The Morgan fingerprint density at radius 2 is 2.00 bits per heavy atom. The van der Waals surface area contributed by atoms with E-state index in [1.54, 1.807) is 22.0 Å². The number of piperazine rings is 1. The van der Waals surface area contributed by atoms with E-state index in [0.29, 0.717) is 19.6 Å². The van der Waals surface area contributed by atoms with Crippen molar-refractivity contribution in [3.63, 3.8) is 0 Å². The number of carbonyl (C=O) groups is 1. The van der Waals surface area contributed by atoms with E-state index < -0.39 is 0 Å². The number of nitrogens with zero attached hydrogens (tertiary/aromatic N) is 7. The highest BCUT2D eigenvalue weighted by Crippen LogP contribution is 2.16. The number of amides is 1. The number of carbonyl (C=O) groups excluding carboxylic acids is 1. The maximum Gasteiger partial charge on any atom is 0.246 e. The molecule has 162 valence electrons. The molecule has 2 aromatic heterocycles. The predicted octanol–water partition coefficient (Wildman–Crippen LogP) is 1.46. The number of aryl methyl sites for hydroxylation is 1. The zero-order valence-corrected chi connectivity index (χ0v) is 18.0. The molecule has 3 aromatic rings. The van der Waals surface area contributed by atoms with Gasteiger partial charge in [-0.3, -0.25) is 14.5 Å². The van der Waals surface area contributed by atoms with Crippen LogP contribution in [0.3, 0.4) is 0 Å². The van der Waals surface area contributed by atoms with Crippen molar-refractivity contribution in [2.24, 2.45) is 12.0 Å². The van der Waals surface area contributed by atoms with Gasteiger partial charge in [-0.15, -0.1) is 0 Å². The van der Waals surface area contributed by atoms with Gasteiger partial charge in [-0.25, -0.2) is 4.68 Å². The van der Waals surface area contributed by atoms with Gasteiger partial charge in [0, 0.05) is 51.8 Å². The molecule has 1 aliphatic heterocycles. The molecule has 1 N–H and O–H groups in total. The quantitative estimate of drug-likeness (QED) is 0.482. The summed E-state index contributed by atoms with van der Waals surface area (Å²) in [6.45, 7) is 5.10. The first kappa shape index (κ1) is 20.6. The zero-order chi connectivity index (χ0) is 21.6. The standard InChI is InChI=1S/C22H28N8O/c1-3-23-22(28-13-14-29(21(31)17-28)20-15-26-27(2)16-20)24-11-9-18-5-7-19(8-6-18)30-12-4-10-25-30/h4-8,10,12,15-16H,3,9,11,13-14,17H2,1-2H3,(H,23,24). The Hall–Kier alpha value is -3.62. The molecule has 0 saturated carbocycles. The second kappa shape index (κ2) is 9.46. The average molecular weight is 421 g/mol. The maximum atomic E-state index is 12.7. The van der Waals surface area contributed by atoms with Gasteiger partial charge in [-0.2, -0.15) is 10.2 Å². The van der Waals surface area contributed by atoms with Crippen LogP contribution in [0.1, 0.15) is 12.5 Å². The summed E-state index contributed by atoms with van der Waals surface area (Å²) in [5, 5.41) is 11.7. The summed E-state index contributed by atoms with van der Waals surface area (Å²) in [5.41, 5.74) is 3.09. The van der Waals surface area contributed by atoms with Crippen molar-refractivity contribution in [3.8, 4) is 5.69 Å². The molecule has 0 spiro atoms. The molecule has 0 radical (unpaired) electrons. The number of rotatable bonds is 6. The van der Waals surface area contributed by atoms with Gasteiger partial charge in [0.25, 0.3) is 0 Å². The summed E-state index contributed by atoms with van der Waals surface area (Å²) in [4.78, 5) is 21.3. The van der Waals surface area contributed by atoms with Gasteiger partial charge in [0.2, 0.25) is 5.91 Å². The molecule has 0 atom stereocenters. The number of hydrogen-bond donors (Lipinski definition) is 1. The van der Waals surface area contributed by atoms with Crippen LogP contribution in [0, 0.1) is 0 Å². The third-order valence-electron chi connectivity index (χ3n) is 5.23. The van der Waals surface area contributed by atoms with Crippen molar-refractivity contribution >= 4 is 17.6 Å². The highest BCUT2D eigenvalue weighted by molar-refractivity contribution is 5.98. The lowest BCUT2D eigenvalue weighted by atomic mass is 10.1. The molecule has 0 aliphatic carbocycles.